The minimum absolute atomic E-state index is 0.0134. The Kier molecular flexibility index (Phi) is 6.43. The van der Waals surface area contributed by atoms with E-state index >= 15 is 0 Å². The first-order valence-electron chi connectivity index (χ1n) is 11.7. The van der Waals surface area contributed by atoms with E-state index in [2.05, 4.69) is 21.2 Å². The van der Waals surface area contributed by atoms with Crippen LogP contribution < -0.4 is 10.1 Å². The number of carbonyl (C=O) groups excluding carboxylic acids is 2. The fourth-order valence-corrected chi connectivity index (χ4v) is 5.61. The number of allylic oxidation sites excluding steroid dienone is 4. The predicted octanol–water partition coefficient (Wildman–Crippen LogP) is 6.87. The maximum atomic E-state index is 13.0. The van der Waals surface area contributed by atoms with Crippen molar-refractivity contribution in [2.24, 2.45) is 0 Å². The topological polar surface area (TPSA) is 98.5 Å². The number of nitro groups is 1. The van der Waals surface area contributed by atoms with E-state index in [-0.39, 0.29) is 23.1 Å². The Hall–Kier alpha value is -3.47. The molecule has 7 nitrogen and oxygen atoms in total. The van der Waals surface area contributed by atoms with E-state index in [1.54, 1.807) is 12.1 Å². The Labute approximate surface area is 217 Å². The van der Waals surface area contributed by atoms with E-state index in [1.165, 1.54) is 6.07 Å². The summed E-state index contributed by atoms with van der Waals surface area (Å²) in [6.45, 7) is 0. The molecule has 0 unspecified atom stereocenters. The molecule has 5 rings (SSSR count). The van der Waals surface area contributed by atoms with Crippen molar-refractivity contribution >= 4 is 33.2 Å². The third-order valence-electron chi connectivity index (χ3n) is 6.78. The molecule has 3 aliphatic rings. The Morgan fingerprint density at radius 1 is 0.919 bits per heavy atom. The van der Waals surface area contributed by atoms with Gasteiger partial charge in [0.15, 0.2) is 11.6 Å². The van der Waals surface area contributed by atoms with Gasteiger partial charge in [-0.25, -0.2) is 0 Å². The van der Waals surface area contributed by atoms with Crippen LogP contribution in [0.15, 0.2) is 63.4 Å². The molecule has 0 saturated carbocycles. The first kappa shape index (κ1) is 25.2. The number of hydrogen-bond donors (Lipinski definition) is 1. The van der Waals surface area contributed by atoms with Gasteiger partial charge in [0, 0.05) is 47.4 Å². The smallest absolute Gasteiger partial charge is 0.416 e. The van der Waals surface area contributed by atoms with E-state index in [1.807, 2.05) is 0 Å². The van der Waals surface area contributed by atoms with E-state index < -0.39 is 28.3 Å². The van der Waals surface area contributed by atoms with Crippen LogP contribution in [-0.4, -0.2) is 16.5 Å². The number of rotatable bonds is 4. The van der Waals surface area contributed by atoms with Crippen molar-refractivity contribution in [3.63, 3.8) is 0 Å². The average molecular weight is 577 g/mol. The number of halogens is 4. The lowest BCUT2D eigenvalue weighted by Gasteiger charge is -2.37. The number of ether oxygens (including phenoxy) is 1. The highest BCUT2D eigenvalue weighted by Gasteiger charge is 2.40. The SMILES string of the molecule is O=C1CCCC2=C1C(c1ccc(Oc3ccc(C(F)(F)F)cc3[N+](=O)[O-])c(Br)c1)C1=C(CCCC1=O)N2. The summed E-state index contributed by atoms with van der Waals surface area (Å²) < 4.78 is 45.1. The van der Waals surface area contributed by atoms with Gasteiger partial charge in [-0.15, -0.1) is 0 Å². The molecule has 0 atom stereocenters. The minimum Gasteiger partial charge on any atom is -0.449 e. The van der Waals surface area contributed by atoms with Gasteiger partial charge < -0.3 is 10.1 Å². The van der Waals surface area contributed by atoms with Gasteiger partial charge in [0.25, 0.3) is 0 Å². The number of hydrogen-bond acceptors (Lipinski definition) is 6. The van der Waals surface area contributed by atoms with Gasteiger partial charge in [0.1, 0.15) is 5.75 Å². The highest BCUT2D eigenvalue weighted by atomic mass is 79.9. The van der Waals surface area contributed by atoms with Gasteiger partial charge in [0.05, 0.1) is 15.0 Å². The summed E-state index contributed by atoms with van der Waals surface area (Å²) in [6, 6.07) is 6.92. The van der Waals surface area contributed by atoms with Gasteiger partial charge in [-0.1, -0.05) is 6.07 Å². The second-order valence-corrected chi connectivity index (χ2v) is 9.98. The van der Waals surface area contributed by atoms with Crippen molar-refractivity contribution in [3.05, 3.63) is 84.7 Å². The maximum absolute atomic E-state index is 13.0. The molecule has 0 radical (unpaired) electrons. The molecule has 0 amide bonds. The molecule has 0 aromatic heterocycles. The van der Waals surface area contributed by atoms with Gasteiger partial charge in [-0.3, -0.25) is 19.7 Å². The van der Waals surface area contributed by atoms with Crippen LogP contribution in [0, 0.1) is 10.1 Å². The Morgan fingerprint density at radius 2 is 1.51 bits per heavy atom. The lowest BCUT2D eigenvalue weighted by Crippen LogP contribution is -2.36. The lowest BCUT2D eigenvalue weighted by molar-refractivity contribution is -0.385. The van der Waals surface area contributed by atoms with Gasteiger partial charge in [0.2, 0.25) is 5.75 Å². The molecule has 0 spiro atoms. The molecule has 1 N–H and O–H groups in total. The second kappa shape index (κ2) is 9.44. The summed E-state index contributed by atoms with van der Waals surface area (Å²) in [5.74, 6) is -0.791. The van der Waals surface area contributed by atoms with Crippen LogP contribution in [0.4, 0.5) is 18.9 Å². The molecule has 1 aliphatic heterocycles. The molecule has 2 aromatic carbocycles. The summed E-state index contributed by atoms with van der Waals surface area (Å²) in [5.41, 5.74) is 1.54. The summed E-state index contributed by atoms with van der Waals surface area (Å²) in [7, 11) is 0. The molecule has 0 bridgehead atoms. The number of ketones is 2. The highest BCUT2D eigenvalue weighted by Crippen LogP contribution is 2.47. The van der Waals surface area contributed by atoms with Crippen molar-refractivity contribution in [3.8, 4) is 11.5 Å². The largest absolute Gasteiger partial charge is 0.449 e. The van der Waals surface area contributed by atoms with Crippen molar-refractivity contribution in [2.45, 2.75) is 50.6 Å². The van der Waals surface area contributed by atoms with Crippen molar-refractivity contribution in [1.82, 2.24) is 5.32 Å². The van der Waals surface area contributed by atoms with E-state index in [9.17, 15) is 32.9 Å². The third kappa shape index (κ3) is 4.68. The monoisotopic (exact) mass is 576 g/mol. The zero-order valence-corrected chi connectivity index (χ0v) is 20.9. The number of nitrogens with zero attached hydrogens (tertiary/aromatic N) is 1. The van der Waals surface area contributed by atoms with Crippen LogP contribution in [0.5, 0.6) is 11.5 Å². The summed E-state index contributed by atoms with van der Waals surface area (Å²) >= 11 is 3.39. The summed E-state index contributed by atoms with van der Waals surface area (Å²) in [6.07, 6.45) is -1.06. The third-order valence-corrected chi connectivity index (χ3v) is 7.40. The van der Waals surface area contributed by atoms with Crippen LogP contribution in [0.3, 0.4) is 0 Å². The number of alkyl halides is 3. The molecule has 192 valence electrons. The molecule has 0 fully saturated rings. The number of dihydropyridines is 1. The fraction of sp³-hybridized carbons (Fsp3) is 0.308. The van der Waals surface area contributed by atoms with Crippen molar-refractivity contribution < 1.29 is 32.4 Å². The average Bonchev–Trinajstić information content (AvgIpc) is 2.84. The van der Waals surface area contributed by atoms with E-state index in [0.717, 1.165) is 30.3 Å². The molecular formula is C26H20BrF3N2O5. The molecule has 0 saturated heterocycles. The van der Waals surface area contributed by atoms with Crippen LogP contribution in [0.1, 0.15) is 55.6 Å². The van der Waals surface area contributed by atoms with Crippen LogP contribution in [-0.2, 0) is 15.8 Å². The first-order valence-corrected chi connectivity index (χ1v) is 12.5. The van der Waals surface area contributed by atoms with E-state index in [4.69, 9.17) is 4.74 Å². The van der Waals surface area contributed by atoms with Crippen LogP contribution in [0.25, 0.3) is 0 Å². The van der Waals surface area contributed by atoms with Crippen LogP contribution in [0.2, 0.25) is 0 Å². The summed E-state index contributed by atoms with van der Waals surface area (Å²) in [5, 5.41) is 14.8. The molecule has 2 aromatic rings. The number of carbonyl (C=O) groups is 2. The first-order chi connectivity index (χ1) is 17.5. The molecule has 1 heterocycles. The number of Topliss-reactive ketones (excluding diaryl/α,β-unsaturated/α-hetero) is 2. The predicted molar refractivity (Wildman–Crippen MR) is 130 cm³/mol. The molecule has 11 heteroatoms. The minimum atomic E-state index is -4.74. The van der Waals surface area contributed by atoms with E-state index in [0.29, 0.717) is 59.0 Å². The zero-order chi connectivity index (χ0) is 26.5. The Morgan fingerprint density at radius 3 is 2.05 bits per heavy atom. The van der Waals surface area contributed by atoms with Crippen molar-refractivity contribution in [1.29, 1.82) is 0 Å². The lowest BCUT2D eigenvalue weighted by atomic mass is 9.71. The quantitative estimate of drug-likeness (QED) is 0.315. The van der Waals surface area contributed by atoms with Crippen LogP contribution >= 0.6 is 15.9 Å². The standard InChI is InChI=1S/C26H20BrF3N2O5/c27-15-11-13(7-9-21(15)37-22-10-8-14(26(28,29)30)12-18(22)32(35)36)23-24-16(3-1-5-19(24)33)31-17-4-2-6-20(34)25(17)23/h7-12,23,31H,1-6H2. The highest BCUT2D eigenvalue weighted by molar-refractivity contribution is 9.10. The zero-order valence-electron chi connectivity index (χ0n) is 19.3. The molecule has 37 heavy (non-hydrogen) atoms. The summed E-state index contributed by atoms with van der Waals surface area (Å²) in [4.78, 5) is 36.4. The van der Waals surface area contributed by atoms with Gasteiger partial charge >= 0.3 is 11.9 Å². The maximum Gasteiger partial charge on any atom is 0.416 e. The van der Waals surface area contributed by atoms with Gasteiger partial charge in [-0.05, 0) is 71.4 Å². The van der Waals surface area contributed by atoms with Gasteiger partial charge in [-0.2, -0.15) is 13.2 Å². The number of benzene rings is 2. The Bertz CT molecular complexity index is 1370. The Balaban J connectivity index is 1.53. The number of nitro benzene ring substituents is 1. The molecule has 2 aliphatic carbocycles. The van der Waals surface area contributed by atoms with Crippen molar-refractivity contribution in [2.75, 3.05) is 0 Å². The number of nitrogens with one attached hydrogen (secondary N) is 1. The normalized spacial score (nSPS) is 18.4. The molecular weight excluding hydrogens is 557 g/mol. The fourth-order valence-electron chi connectivity index (χ4n) is 5.14. The second-order valence-electron chi connectivity index (χ2n) is 9.13.